The zero-order valence-corrected chi connectivity index (χ0v) is 11.1. The van der Waals surface area contributed by atoms with Crippen molar-refractivity contribution in [2.75, 3.05) is 33.4 Å². The monoisotopic (exact) mass is 251 g/mol. The maximum absolute atomic E-state index is 5.71. The van der Waals surface area contributed by atoms with Gasteiger partial charge in [0, 0.05) is 45.7 Å². The number of nitrogens with zero attached hydrogens (tertiary/aromatic N) is 3. The molecule has 1 aliphatic rings. The van der Waals surface area contributed by atoms with E-state index in [0.29, 0.717) is 0 Å². The number of rotatable bonds is 5. The summed E-state index contributed by atoms with van der Waals surface area (Å²) in [4.78, 5) is 11.0. The Bertz CT molecular complexity index is 356. The van der Waals surface area contributed by atoms with Crippen LogP contribution in [0.4, 0.5) is 0 Å². The second-order valence-corrected chi connectivity index (χ2v) is 4.66. The summed E-state index contributed by atoms with van der Waals surface area (Å²) in [5.74, 6) is 0. The Morgan fingerprint density at radius 2 is 2.33 bits per heavy atom. The van der Waals surface area contributed by atoms with Gasteiger partial charge < -0.3 is 9.47 Å². The Morgan fingerprint density at radius 1 is 1.44 bits per heavy atom. The normalized spacial score (nSPS) is 21.1. The lowest BCUT2D eigenvalue weighted by Crippen LogP contribution is -2.42. The molecule has 18 heavy (non-hydrogen) atoms. The maximum Gasteiger partial charge on any atom is 0.0727 e. The van der Waals surface area contributed by atoms with Crippen molar-refractivity contribution in [1.82, 2.24) is 14.9 Å². The van der Waals surface area contributed by atoms with Crippen LogP contribution in [0.3, 0.4) is 0 Å². The first-order valence-electron chi connectivity index (χ1n) is 6.38. The minimum absolute atomic E-state index is 0.275. The van der Waals surface area contributed by atoms with E-state index >= 15 is 0 Å². The van der Waals surface area contributed by atoms with Crippen LogP contribution < -0.4 is 0 Å². The molecule has 2 rings (SSSR count). The summed E-state index contributed by atoms with van der Waals surface area (Å²) in [5.41, 5.74) is 1.98. The molecule has 1 saturated heterocycles. The standard InChI is InChI=1S/C13H21N3O2/c1-11-7-15-12(8-14-11)9-16-4-6-18-13(10-16)3-5-17-2/h7-8,13H,3-6,9-10H2,1-2H3/t13-/m1/s1. The van der Waals surface area contributed by atoms with Crippen molar-refractivity contribution in [3.05, 3.63) is 23.8 Å². The summed E-state index contributed by atoms with van der Waals surface area (Å²) in [5, 5.41) is 0. The van der Waals surface area contributed by atoms with Gasteiger partial charge in [-0.2, -0.15) is 0 Å². The SMILES string of the molecule is COCC[C@@H]1CN(Cc2cnc(C)cn2)CCO1. The molecule has 1 aromatic rings. The molecular weight excluding hydrogens is 230 g/mol. The summed E-state index contributed by atoms with van der Waals surface area (Å²) in [6, 6.07) is 0. The van der Waals surface area contributed by atoms with Crippen molar-refractivity contribution in [3.63, 3.8) is 0 Å². The third-order valence-corrected chi connectivity index (χ3v) is 3.09. The second kappa shape index (κ2) is 6.78. The molecule has 0 unspecified atom stereocenters. The summed E-state index contributed by atoms with van der Waals surface area (Å²) in [6.07, 6.45) is 4.90. The third-order valence-electron chi connectivity index (χ3n) is 3.09. The minimum atomic E-state index is 0.275. The highest BCUT2D eigenvalue weighted by atomic mass is 16.5. The molecule has 1 aliphatic heterocycles. The van der Waals surface area contributed by atoms with Crippen LogP contribution in [0.15, 0.2) is 12.4 Å². The molecule has 100 valence electrons. The average Bonchev–Trinajstić information content (AvgIpc) is 2.40. The van der Waals surface area contributed by atoms with Gasteiger partial charge in [0.2, 0.25) is 0 Å². The molecule has 0 saturated carbocycles. The molecule has 1 atom stereocenters. The number of morpholine rings is 1. The van der Waals surface area contributed by atoms with Crippen LogP contribution in [0.25, 0.3) is 0 Å². The number of aryl methyl sites for hydroxylation is 1. The predicted octanol–water partition coefficient (Wildman–Crippen LogP) is 1.02. The van der Waals surface area contributed by atoms with Gasteiger partial charge in [-0.05, 0) is 13.3 Å². The van der Waals surface area contributed by atoms with E-state index in [2.05, 4.69) is 14.9 Å². The third kappa shape index (κ3) is 4.01. The molecule has 0 radical (unpaired) electrons. The second-order valence-electron chi connectivity index (χ2n) is 4.66. The highest BCUT2D eigenvalue weighted by molar-refractivity contribution is 5.00. The largest absolute Gasteiger partial charge is 0.385 e. The average molecular weight is 251 g/mol. The predicted molar refractivity (Wildman–Crippen MR) is 68.3 cm³/mol. The van der Waals surface area contributed by atoms with Gasteiger partial charge in [-0.25, -0.2) is 0 Å². The summed E-state index contributed by atoms with van der Waals surface area (Å²) < 4.78 is 10.8. The van der Waals surface area contributed by atoms with E-state index in [1.165, 1.54) is 0 Å². The van der Waals surface area contributed by atoms with Crippen LogP contribution in [0.1, 0.15) is 17.8 Å². The lowest BCUT2D eigenvalue weighted by atomic mass is 10.2. The maximum atomic E-state index is 5.71. The number of methoxy groups -OCH3 is 1. The molecule has 1 aromatic heterocycles. The van der Waals surface area contributed by atoms with E-state index in [0.717, 1.165) is 50.7 Å². The molecule has 5 nitrogen and oxygen atoms in total. The van der Waals surface area contributed by atoms with Crippen LogP contribution in [0.2, 0.25) is 0 Å². The number of hydrogen-bond acceptors (Lipinski definition) is 5. The Kier molecular flexibility index (Phi) is 5.04. The molecule has 1 fully saturated rings. The summed E-state index contributed by atoms with van der Waals surface area (Å²) >= 11 is 0. The van der Waals surface area contributed by atoms with Crippen LogP contribution >= 0.6 is 0 Å². The van der Waals surface area contributed by atoms with E-state index in [1.54, 1.807) is 7.11 Å². The van der Waals surface area contributed by atoms with Gasteiger partial charge in [0.15, 0.2) is 0 Å². The van der Waals surface area contributed by atoms with E-state index in [4.69, 9.17) is 9.47 Å². The van der Waals surface area contributed by atoms with Gasteiger partial charge in [0.05, 0.1) is 24.1 Å². The van der Waals surface area contributed by atoms with E-state index in [1.807, 2.05) is 19.3 Å². The Balaban J connectivity index is 1.83. The topological polar surface area (TPSA) is 47.5 Å². The minimum Gasteiger partial charge on any atom is -0.385 e. The fourth-order valence-electron chi connectivity index (χ4n) is 2.08. The molecule has 0 spiro atoms. The van der Waals surface area contributed by atoms with Crippen molar-refractivity contribution in [2.45, 2.75) is 26.0 Å². The number of ether oxygens (including phenoxy) is 2. The van der Waals surface area contributed by atoms with Crippen LogP contribution in [-0.4, -0.2) is 54.4 Å². The van der Waals surface area contributed by atoms with E-state index in [-0.39, 0.29) is 6.10 Å². The molecule has 0 amide bonds. The first kappa shape index (κ1) is 13.4. The van der Waals surface area contributed by atoms with Gasteiger partial charge in [-0.15, -0.1) is 0 Å². The number of hydrogen-bond donors (Lipinski definition) is 0. The lowest BCUT2D eigenvalue weighted by Gasteiger charge is -2.32. The van der Waals surface area contributed by atoms with Gasteiger partial charge in [-0.1, -0.05) is 0 Å². The van der Waals surface area contributed by atoms with Crippen molar-refractivity contribution in [3.8, 4) is 0 Å². The fraction of sp³-hybridized carbons (Fsp3) is 0.692. The van der Waals surface area contributed by atoms with Crippen molar-refractivity contribution in [2.24, 2.45) is 0 Å². The Morgan fingerprint density at radius 3 is 3.06 bits per heavy atom. The molecule has 5 heteroatoms. The van der Waals surface area contributed by atoms with Gasteiger partial charge >= 0.3 is 0 Å². The fourth-order valence-corrected chi connectivity index (χ4v) is 2.08. The summed E-state index contributed by atoms with van der Waals surface area (Å²) in [6.45, 7) is 6.24. The van der Waals surface area contributed by atoms with Crippen molar-refractivity contribution < 1.29 is 9.47 Å². The van der Waals surface area contributed by atoms with Crippen LogP contribution in [0.5, 0.6) is 0 Å². The first-order valence-corrected chi connectivity index (χ1v) is 6.38. The van der Waals surface area contributed by atoms with E-state index < -0.39 is 0 Å². The molecule has 0 N–H and O–H groups in total. The molecular formula is C13H21N3O2. The molecule has 2 heterocycles. The molecule has 0 aromatic carbocycles. The Hall–Kier alpha value is -1.04. The van der Waals surface area contributed by atoms with Crippen LogP contribution in [-0.2, 0) is 16.0 Å². The smallest absolute Gasteiger partial charge is 0.0727 e. The van der Waals surface area contributed by atoms with Gasteiger partial charge in [0.25, 0.3) is 0 Å². The zero-order valence-electron chi connectivity index (χ0n) is 11.1. The quantitative estimate of drug-likeness (QED) is 0.782. The van der Waals surface area contributed by atoms with Crippen molar-refractivity contribution >= 4 is 0 Å². The zero-order chi connectivity index (χ0) is 12.8. The first-order chi connectivity index (χ1) is 8.78. The van der Waals surface area contributed by atoms with Crippen LogP contribution in [0, 0.1) is 6.92 Å². The summed E-state index contributed by atoms with van der Waals surface area (Å²) in [7, 11) is 1.72. The molecule has 0 bridgehead atoms. The Labute approximate surface area is 108 Å². The lowest BCUT2D eigenvalue weighted by molar-refractivity contribution is -0.0435. The highest BCUT2D eigenvalue weighted by Gasteiger charge is 2.20. The van der Waals surface area contributed by atoms with Gasteiger partial charge in [-0.3, -0.25) is 14.9 Å². The molecule has 0 aliphatic carbocycles. The number of aromatic nitrogens is 2. The highest BCUT2D eigenvalue weighted by Crippen LogP contribution is 2.11. The van der Waals surface area contributed by atoms with Gasteiger partial charge in [0.1, 0.15) is 0 Å². The van der Waals surface area contributed by atoms with E-state index in [9.17, 15) is 0 Å². The van der Waals surface area contributed by atoms with Crippen molar-refractivity contribution in [1.29, 1.82) is 0 Å².